The molecule has 0 fully saturated rings. The third-order valence-corrected chi connectivity index (χ3v) is 8.18. The van der Waals surface area contributed by atoms with Gasteiger partial charge in [-0.1, -0.05) is 48.6 Å². The Morgan fingerprint density at radius 1 is 0.850 bits per heavy atom. The molecule has 0 heterocycles. The van der Waals surface area contributed by atoms with Crippen molar-refractivity contribution in [2.75, 3.05) is 12.3 Å². The molecule has 0 N–H and O–H groups in total. The fourth-order valence-electron chi connectivity index (χ4n) is 2.57. The Morgan fingerprint density at radius 3 is 1.65 bits per heavy atom. The van der Waals surface area contributed by atoms with Gasteiger partial charge in [-0.15, -0.1) is 0 Å². The SMILES string of the molecule is C/C=C/C[P+](CC)(c1ccccc1)c1ccccc1.[Br-]. The molecule has 0 atom stereocenters. The van der Waals surface area contributed by atoms with E-state index in [1.165, 1.54) is 16.8 Å². The van der Waals surface area contributed by atoms with Gasteiger partial charge in [0.25, 0.3) is 0 Å². The lowest BCUT2D eigenvalue weighted by atomic mass is 10.4. The van der Waals surface area contributed by atoms with Crippen molar-refractivity contribution in [2.24, 2.45) is 0 Å². The molecule has 0 spiro atoms. The third kappa shape index (κ3) is 3.59. The van der Waals surface area contributed by atoms with Gasteiger partial charge in [0.05, 0.1) is 30.2 Å². The highest BCUT2D eigenvalue weighted by molar-refractivity contribution is 7.89. The lowest BCUT2D eigenvalue weighted by Crippen LogP contribution is -3.00. The molecule has 0 aliphatic heterocycles. The first kappa shape index (κ1) is 17.1. The van der Waals surface area contributed by atoms with E-state index in [-0.39, 0.29) is 17.0 Å². The lowest BCUT2D eigenvalue weighted by molar-refractivity contribution is -0.00000387. The predicted octanol–water partition coefficient (Wildman–Crippen LogP) is 1.25. The quantitative estimate of drug-likeness (QED) is 0.563. The first-order chi connectivity index (χ1) is 9.33. The summed E-state index contributed by atoms with van der Waals surface area (Å²) in [5.41, 5.74) is 0. The third-order valence-electron chi connectivity index (χ3n) is 3.69. The Labute approximate surface area is 134 Å². The van der Waals surface area contributed by atoms with Crippen molar-refractivity contribution >= 4 is 17.9 Å². The second-order valence-corrected chi connectivity index (χ2v) is 8.67. The summed E-state index contributed by atoms with van der Waals surface area (Å²) in [7, 11) is -1.29. The molecule has 0 unspecified atom stereocenters. The van der Waals surface area contributed by atoms with Gasteiger partial charge in [-0.05, 0) is 38.1 Å². The van der Waals surface area contributed by atoms with E-state index in [9.17, 15) is 0 Å². The summed E-state index contributed by atoms with van der Waals surface area (Å²) in [4.78, 5) is 0. The zero-order valence-corrected chi connectivity index (χ0v) is 14.6. The van der Waals surface area contributed by atoms with Crippen molar-refractivity contribution in [1.29, 1.82) is 0 Å². The van der Waals surface area contributed by atoms with Crippen LogP contribution in [0, 0.1) is 0 Å². The van der Waals surface area contributed by atoms with Crippen LogP contribution < -0.4 is 27.6 Å². The van der Waals surface area contributed by atoms with Gasteiger partial charge >= 0.3 is 0 Å². The van der Waals surface area contributed by atoms with Crippen molar-refractivity contribution < 1.29 is 17.0 Å². The summed E-state index contributed by atoms with van der Waals surface area (Å²) in [6.45, 7) is 4.44. The fourth-order valence-corrected chi connectivity index (χ4v) is 6.33. The maximum Gasteiger partial charge on any atom is 0.0995 e. The van der Waals surface area contributed by atoms with Gasteiger partial charge in [-0.25, -0.2) is 0 Å². The van der Waals surface area contributed by atoms with Gasteiger partial charge in [0, 0.05) is 0 Å². The van der Waals surface area contributed by atoms with Crippen LogP contribution >= 0.6 is 7.26 Å². The first-order valence-corrected chi connectivity index (χ1v) is 9.09. The van der Waals surface area contributed by atoms with Gasteiger partial charge in [0.2, 0.25) is 0 Å². The minimum Gasteiger partial charge on any atom is -1.00 e. The van der Waals surface area contributed by atoms with Gasteiger partial charge in [-0.2, -0.15) is 0 Å². The van der Waals surface area contributed by atoms with E-state index in [1.807, 2.05) is 0 Å². The van der Waals surface area contributed by atoms with Crippen molar-refractivity contribution in [3.63, 3.8) is 0 Å². The second-order valence-electron chi connectivity index (χ2n) is 4.71. The van der Waals surface area contributed by atoms with Crippen molar-refractivity contribution in [2.45, 2.75) is 13.8 Å². The lowest BCUT2D eigenvalue weighted by Gasteiger charge is -2.25. The fraction of sp³-hybridized carbons (Fsp3) is 0.222. The van der Waals surface area contributed by atoms with E-state index in [0.29, 0.717) is 0 Å². The van der Waals surface area contributed by atoms with Crippen LogP contribution in [0.2, 0.25) is 0 Å². The predicted molar refractivity (Wildman–Crippen MR) is 89.3 cm³/mol. The molecule has 2 heteroatoms. The van der Waals surface area contributed by atoms with Gasteiger partial charge in [-0.3, -0.25) is 0 Å². The van der Waals surface area contributed by atoms with Crippen LogP contribution in [0.15, 0.2) is 72.8 Å². The molecule has 0 nitrogen and oxygen atoms in total. The van der Waals surface area contributed by atoms with E-state index in [4.69, 9.17) is 0 Å². The van der Waals surface area contributed by atoms with Crippen molar-refractivity contribution in [3.05, 3.63) is 72.8 Å². The smallest absolute Gasteiger partial charge is 0.0995 e. The summed E-state index contributed by atoms with van der Waals surface area (Å²) in [6, 6.07) is 22.1. The van der Waals surface area contributed by atoms with E-state index in [0.717, 1.165) is 6.16 Å². The van der Waals surface area contributed by atoms with Gasteiger partial charge < -0.3 is 17.0 Å². The molecule has 2 aromatic rings. The Hall–Kier alpha value is -0.910. The number of allylic oxidation sites excluding steroid dienone is 2. The van der Waals surface area contributed by atoms with Crippen LogP contribution in [0.25, 0.3) is 0 Å². The summed E-state index contributed by atoms with van der Waals surface area (Å²) in [6.07, 6.45) is 6.88. The maximum atomic E-state index is 2.33. The molecule has 0 bridgehead atoms. The Kier molecular flexibility index (Phi) is 7.19. The molecule has 0 saturated heterocycles. The molecule has 0 aromatic heterocycles. The zero-order valence-electron chi connectivity index (χ0n) is 12.2. The topological polar surface area (TPSA) is 0 Å². The average Bonchev–Trinajstić information content (AvgIpc) is 2.51. The highest BCUT2D eigenvalue weighted by atomic mass is 79.9. The zero-order chi connectivity index (χ0) is 13.6. The summed E-state index contributed by atoms with van der Waals surface area (Å²) in [5.74, 6) is 0. The standard InChI is InChI=1S/C18H22P.BrH/c1-3-5-16-19(4-2,17-12-8-6-9-13-17)18-14-10-7-11-15-18;/h3,5-15H,4,16H2,1-2H3;1H/q+1;/p-1/b5-3+;. The summed E-state index contributed by atoms with van der Waals surface area (Å²) >= 11 is 0. The average molecular weight is 349 g/mol. The van der Waals surface area contributed by atoms with Crippen LogP contribution in [0.5, 0.6) is 0 Å². The van der Waals surface area contributed by atoms with E-state index in [1.54, 1.807) is 0 Å². The molecule has 0 amide bonds. The number of hydrogen-bond donors (Lipinski definition) is 0. The Bertz CT molecular complexity index is 480. The molecule has 2 rings (SSSR count). The molecule has 20 heavy (non-hydrogen) atoms. The minimum absolute atomic E-state index is 0. The highest BCUT2D eigenvalue weighted by Gasteiger charge is 2.39. The monoisotopic (exact) mass is 348 g/mol. The number of benzene rings is 2. The van der Waals surface area contributed by atoms with Crippen molar-refractivity contribution in [3.8, 4) is 0 Å². The highest BCUT2D eigenvalue weighted by Crippen LogP contribution is 2.55. The minimum atomic E-state index is -1.29. The molecular weight excluding hydrogens is 327 g/mol. The molecule has 106 valence electrons. The summed E-state index contributed by atoms with van der Waals surface area (Å²) < 4.78 is 0. The Morgan fingerprint density at radius 2 is 1.30 bits per heavy atom. The molecule has 0 saturated carbocycles. The van der Waals surface area contributed by atoms with E-state index < -0.39 is 7.26 Å². The van der Waals surface area contributed by atoms with Crippen LogP contribution in [-0.2, 0) is 0 Å². The van der Waals surface area contributed by atoms with Crippen molar-refractivity contribution in [1.82, 2.24) is 0 Å². The number of rotatable bonds is 5. The number of hydrogen-bond acceptors (Lipinski definition) is 0. The molecule has 0 aliphatic rings. The number of halogens is 1. The maximum absolute atomic E-state index is 2.33. The van der Waals surface area contributed by atoms with E-state index >= 15 is 0 Å². The van der Waals surface area contributed by atoms with Gasteiger partial charge in [0.1, 0.15) is 0 Å². The largest absolute Gasteiger partial charge is 1.00 e. The van der Waals surface area contributed by atoms with Crippen LogP contribution in [0.1, 0.15) is 13.8 Å². The molecule has 0 radical (unpaired) electrons. The summed E-state index contributed by atoms with van der Waals surface area (Å²) in [5, 5.41) is 3.03. The van der Waals surface area contributed by atoms with Crippen LogP contribution in [0.3, 0.4) is 0 Å². The van der Waals surface area contributed by atoms with Gasteiger partial charge in [0.15, 0.2) is 0 Å². The van der Waals surface area contributed by atoms with Crippen LogP contribution in [-0.4, -0.2) is 12.3 Å². The van der Waals surface area contributed by atoms with E-state index in [2.05, 4.69) is 86.7 Å². The normalized spacial score (nSPS) is 11.3. The second kappa shape index (κ2) is 8.39. The van der Waals surface area contributed by atoms with Crippen LogP contribution in [0.4, 0.5) is 0 Å². The molecular formula is C18H22BrP. The molecule has 2 aromatic carbocycles. The first-order valence-electron chi connectivity index (χ1n) is 6.93. The Balaban J connectivity index is 0.00000200. The molecule has 0 aliphatic carbocycles.